The van der Waals surface area contributed by atoms with E-state index in [1.807, 2.05) is 0 Å². The van der Waals surface area contributed by atoms with Gasteiger partial charge in [0.15, 0.2) is 0 Å². The summed E-state index contributed by atoms with van der Waals surface area (Å²) >= 11 is 0. The van der Waals surface area contributed by atoms with Crippen LogP contribution in [0.4, 0.5) is 19.0 Å². The molecule has 82 valence electrons. The van der Waals surface area contributed by atoms with Crippen molar-refractivity contribution in [2.24, 2.45) is 0 Å². The number of halogens is 3. The molecule has 0 unspecified atom stereocenters. The molecule has 0 fully saturated rings. The molecule has 0 aliphatic heterocycles. The fourth-order valence-corrected chi connectivity index (χ4v) is 0.863. The van der Waals surface area contributed by atoms with Crippen molar-refractivity contribution in [2.75, 3.05) is 5.73 Å². The second-order valence-electron chi connectivity index (χ2n) is 2.68. The van der Waals surface area contributed by atoms with Crippen LogP contribution in [-0.2, 0) is 6.42 Å². The SMILES string of the molecule is Nc1nc(CC(F)(F)F)ncc1C(=O)O. The zero-order chi connectivity index (χ0) is 11.6. The van der Waals surface area contributed by atoms with Crippen molar-refractivity contribution in [1.29, 1.82) is 0 Å². The summed E-state index contributed by atoms with van der Waals surface area (Å²) in [5, 5.41) is 8.51. The Morgan fingerprint density at radius 2 is 2.13 bits per heavy atom. The molecule has 1 aromatic rings. The smallest absolute Gasteiger partial charge is 0.396 e. The lowest BCUT2D eigenvalue weighted by Gasteiger charge is -2.06. The first-order valence-electron chi connectivity index (χ1n) is 3.71. The molecule has 1 aromatic heterocycles. The van der Waals surface area contributed by atoms with Crippen molar-refractivity contribution in [2.45, 2.75) is 12.6 Å². The summed E-state index contributed by atoms with van der Waals surface area (Å²) in [6, 6.07) is 0. The Kier molecular flexibility index (Phi) is 2.78. The zero-order valence-corrected chi connectivity index (χ0v) is 7.25. The molecule has 1 rings (SSSR count). The lowest BCUT2D eigenvalue weighted by molar-refractivity contribution is -0.128. The summed E-state index contributed by atoms with van der Waals surface area (Å²) < 4.78 is 35.7. The molecule has 15 heavy (non-hydrogen) atoms. The molecular formula is C7H6F3N3O2. The number of anilines is 1. The van der Waals surface area contributed by atoms with Gasteiger partial charge >= 0.3 is 12.1 Å². The van der Waals surface area contributed by atoms with Gasteiger partial charge in [0, 0.05) is 6.20 Å². The van der Waals surface area contributed by atoms with E-state index in [1.165, 1.54) is 0 Å². The number of rotatable bonds is 2. The van der Waals surface area contributed by atoms with Crippen LogP contribution in [0.25, 0.3) is 0 Å². The number of carboxylic acids is 1. The molecule has 0 radical (unpaired) electrons. The van der Waals surface area contributed by atoms with Gasteiger partial charge in [-0.3, -0.25) is 0 Å². The largest absolute Gasteiger partial charge is 0.477 e. The van der Waals surface area contributed by atoms with E-state index in [4.69, 9.17) is 10.8 Å². The van der Waals surface area contributed by atoms with Gasteiger partial charge in [-0.1, -0.05) is 0 Å². The lowest BCUT2D eigenvalue weighted by Crippen LogP contribution is -2.16. The number of alkyl halides is 3. The Morgan fingerprint density at radius 1 is 1.53 bits per heavy atom. The van der Waals surface area contributed by atoms with Gasteiger partial charge in [-0.05, 0) is 0 Å². The number of hydrogen-bond donors (Lipinski definition) is 2. The van der Waals surface area contributed by atoms with E-state index in [2.05, 4.69) is 9.97 Å². The number of nitrogens with two attached hydrogens (primary N) is 1. The monoisotopic (exact) mass is 221 g/mol. The summed E-state index contributed by atoms with van der Waals surface area (Å²) in [4.78, 5) is 16.9. The number of nitrogens with zero attached hydrogens (tertiary/aromatic N) is 2. The quantitative estimate of drug-likeness (QED) is 0.773. The van der Waals surface area contributed by atoms with Crippen LogP contribution in [0.1, 0.15) is 16.2 Å². The van der Waals surface area contributed by atoms with Crippen LogP contribution in [-0.4, -0.2) is 27.2 Å². The number of nitrogen functional groups attached to an aromatic ring is 1. The number of carbonyl (C=O) groups is 1. The molecule has 0 aromatic carbocycles. The van der Waals surface area contributed by atoms with E-state index < -0.39 is 35.8 Å². The molecule has 1 heterocycles. The van der Waals surface area contributed by atoms with Gasteiger partial charge < -0.3 is 10.8 Å². The third-order valence-corrected chi connectivity index (χ3v) is 1.46. The van der Waals surface area contributed by atoms with Crippen LogP contribution in [0.5, 0.6) is 0 Å². The maximum atomic E-state index is 11.9. The van der Waals surface area contributed by atoms with Crippen LogP contribution in [0.3, 0.4) is 0 Å². The highest BCUT2D eigenvalue weighted by Gasteiger charge is 2.29. The second kappa shape index (κ2) is 3.71. The highest BCUT2D eigenvalue weighted by Crippen LogP contribution is 2.20. The number of carboxylic acid groups (broad SMARTS) is 1. The van der Waals surface area contributed by atoms with Crippen molar-refractivity contribution < 1.29 is 23.1 Å². The molecule has 0 aliphatic carbocycles. The molecule has 0 saturated carbocycles. The summed E-state index contributed by atoms with van der Waals surface area (Å²) in [5.41, 5.74) is 4.73. The third kappa shape index (κ3) is 3.08. The van der Waals surface area contributed by atoms with Crippen molar-refractivity contribution in [1.82, 2.24) is 9.97 Å². The summed E-state index contributed by atoms with van der Waals surface area (Å²) in [6.07, 6.45) is -5.03. The highest BCUT2D eigenvalue weighted by atomic mass is 19.4. The van der Waals surface area contributed by atoms with Gasteiger partial charge in [0.2, 0.25) is 0 Å². The van der Waals surface area contributed by atoms with Gasteiger partial charge in [0.25, 0.3) is 0 Å². The average molecular weight is 221 g/mol. The number of aromatic nitrogens is 2. The molecule has 0 amide bonds. The molecule has 0 bridgehead atoms. The van der Waals surface area contributed by atoms with Crippen molar-refractivity contribution in [3.05, 3.63) is 17.6 Å². The van der Waals surface area contributed by atoms with Crippen LogP contribution in [0, 0.1) is 0 Å². The topological polar surface area (TPSA) is 89.1 Å². The lowest BCUT2D eigenvalue weighted by atomic mass is 10.3. The van der Waals surface area contributed by atoms with E-state index in [0.29, 0.717) is 0 Å². The molecule has 3 N–H and O–H groups in total. The van der Waals surface area contributed by atoms with Gasteiger partial charge in [-0.25, -0.2) is 14.8 Å². The standard InChI is InChI=1S/C7H6F3N3O2/c8-7(9,10)1-4-12-2-3(6(14)15)5(11)13-4/h2H,1H2,(H,14,15)(H2,11,12,13). The Hall–Kier alpha value is -1.86. The Labute approximate surface area is 81.8 Å². The van der Waals surface area contributed by atoms with E-state index in [1.54, 1.807) is 0 Å². The molecule has 0 atom stereocenters. The minimum Gasteiger partial charge on any atom is -0.477 e. The molecule has 5 nitrogen and oxygen atoms in total. The number of hydrogen-bond acceptors (Lipinski definition) is 4. The predicted molar refractivity (Wildman–Crippen MR) is 43.2 cm³/mol. The van der Waals surface area contributed by atoms with Gasteiger partial charge in [-0.2, -0.15) is 13.2 Å². The summed E-state index contributed by atoms with van der Waals surface area (Å²) in [7, 11) is 0. The minimum atomic E-state index is -4.45. The van der Waals surface area contributed by atoms with Crippen molar-refractivity contribution in [3.8, 4) is 0 Å². The first-order valence-corrected chi connectivity index (χ1v) is 3.71. The van der Waals surface area contributed by atoms with Crippen LogP contribution in [0.2, 0.25) is 0 Å². The number of aromatic carboxylic acids is 1. The molecule has 0 spiro atoms. The maximum absolute atomic E-state index is 11.9. The van der Waals surface area contributed by atoms with Gasteiger partial charge in [0.1, 0.15) is 23.6 Å². The Balaban J connectivity index is 2.97. The molecular weight excluding hydrogens is 215 g/mol. The fraction of sp³-hybridized carbons (Fsp3) is 0.286. The fourth-order valence-electron chi connectivity index (χ4n) is 0.863. The van der Waals surface area contributed by atoms with Crippen molar-refractivity contribution >= 4 is 11.8 Å². The van der Waals surface area contributed by atoms with Crippen LogP contribution in [0.15, 0.2) is 6.20 Å². The van der Waals surface area contributed by atoms with Gasteiger partial charge in [0.05, 0.1) is 0 Å². The van der Waals surface area contributed by atoms with Gasteiger partial charge in [-0.15, -0.1) is 0 Å². The average Bonchev–Trinajstić information content (AvgIpc) is 1.99. The van der Waals surface area contributed by atoms with Crippen LogP contribution < -0.4 is 5.73 Å². The van der Waals surface area contributed by atoms with E-state index in [-0.39, 0.29) is 0 Å². The zero-order valence-electron chi connectivity index (χ0n) is 7.25. The van der Waals surface area contributed by atoms with E-state index in [9.17, 15) is 18.0 Å². The highest BCUT2D eigenvalue weighted by molar-refractivity contribution is 5.92. The second-order valence-corrected chi connectivity index (χ2v) is 2.68. The van der Waals surface area contributed by atoms with Crippen molar-refractivity contribution in [3.63, 3.8) is 0 Å². The molecule has 0 saturated heterocycles. The molecule has 8 heteroatoms. The normalized spacial score (nSPS) is 11.4. The Bertz CT molecular complexity index is 392. The molecule has 0 aliphatic rings. The first-order chi connectivity index (χ1) is 6.79. The summed E-state index contributed by atoms with van der Waals surface area (Å²) in [6.45, 7) is 0. The third-order valence-electron chi connectivity index (χ3n) is 1.46. The summed E-state index contributed by atoms with van der Waals surface area (Å²) in [5.74, 6) is -2.41. The first kappa shape index (κ1) is 11.2. The Morgan fingerprint density at radius 3 is 2.53 bits per heavy atom. The maximum Gasteiger partial charge on any atom is 0.396 e. The van der Waals surface area contributed by atoms with E-state index in [0.717, 1.165) is 6.20 Å². The predicted octanol–water partition coefficient (Wildman–Crippen LogP) is 0.862. The van der Waals surface area contributed by atoms with Crippen LogP contribution >= 0.6 is 0 Å². The minimum absolute atomic E-state index is 0.416. The van der Waals surface area contributed by atoms with E-state index >= 15 is 0 Å².